The summed E-state index contributed by atoms with van der Waals surface area (Å²) in [6.07, 6.45) is 6.15. The fraction of sp³-hybridized carbons (Fsp3) is 0.357. The molecule has 0 spiro atoms. The molecule has 0 amide bonds. The van der Waals surface area contributed by atoms with E-state index in [1.807, 2.05) is 37.9 Å². The Hall–Kier alpha value is -4.18. The molecule has 0 aliphatic carbocycles. The fourth-order valence-corrected chi connectivity index (χ4v) is 5.09. The number of para-hydroxylation sites is 1. The van der Waals surface area contributed by atoms with Crippen LogP contribution in [0.4, 0.5) is 23.0 Å². The average molecular weight is 516 g/mol. The van der Waals surface area contributed by atoms with Crippen molar-refractivity contribution in [3.63, 3.8) is 0 Å². The highest BCUT2D eigenvalue weighted by Gasteiger charge is 2.23. The lowest BCUT2D eigenvalue weighted by Gasteiger charge is -2.22. The van der Waals surface area contributed by atoms with E-state index in [-0.39, 0.29) is 10.6 Å². The number of nitrogens with zero attached hydrogens (tertiary/aromatic N) is 6. The maximum atomic E-state index is 12.0. The predicted molar refractivity (Wildman–Crippen MR) is 151 cm³/mol. The summed E-state index contributed by atoms with van der Waals surface area (Å²) >= 11 is 0. The van der Waals surface area contributed by atoms with Crippen molar-refractivity contribution >= 4 is 33.9 Å². The zero-order valence-corrected chi connectivity index (χ0v) is 22.5. The first-order valence-corrected chi connectivity index (χ1v) is 12.7. The summed E-state index contributed by atoms with van der Waals surface area (Å²) < 4.78 is 7.94. The largest absolute Gasteiger partial charge is 0.494 e. The van der Waals surface area contributed by atoms with Crippen LogP contribution in [0.15, 0.2) is 42.7 Å². The number of nitrogens with one attached hydrogen (secondary N) is 1. The Labute approximate surface area is 222 Å². The van der Waals surface area contributed by atoms with E-state index in [4.69, 9.17) is 9.72 Å². The van der Waals surface area contributed by atoms with Gasteiger partial charge in [0, 0.05) is 62.2 Å². The molecule has 3 heterocycles. The van der Waals surface area contributed by atoms with Crippen LogP contribution in [0.25, 0.3) is 22.2 Å². The molecule has 10 nitrogen and oxygen atoms in total. The number of anilines is 3. The Kier molecular flexibility index (Phi) is 6.90. The minimum absolute atomic E-state index is 0.0177. The Morgan fingerprint density at radius 2 is 2.03 bits per heavy atom. The maximum absolute atomic E-state index is 12.0. The predicted octanol–water partition coefficient (Wildman–Crippen LogP) is 5.01. The first-order valence-electron chi connectivity index (χ1n) is 12.7. The molecule has 0 fully saturated rings. The normalized spacial score (nSPS) is 12.7. The average Bonchev–Trinajstić information content (AvgIpc) is 3.28. The number of hydrogen-bond donors (Lipinski definition) is 1. The van der Waals surface area contributed by atoms with Crippen LogP contribution < -0.4 is 15.0 Å². The van der Waals surface area contributed by atoms with Crippen molar-refractivity contribution in [3.8, 4) is 17.0 Å². The van der Waals surface area contributed by atoms with Gasteiger partial charge in [0.1, 0.15) is 11.4 Å². The minimum Gasteiger partial charge on any atom is -0.494 e. The van der Waals surface area contributed by atoms with Crippen molar-refractivity contribution in [1.29, 1.82) is 0 Å². The van der Waals surface area contributed by atoms with Crippen LogP contribution >= 0.6 is 0 Å². The molecule has 0 atom stereocenters. The summed E-state index contributed by atoms with van der Waals surface area (Å²) in [5.74, 6) is 0.819. The lowest BCUT2D eigenvalue weighted by Crippen LogP contribution is -2.28. The molecule has 0 saturated heterocycles. The van der Waals surface area contributed by atoms with Gasteiger partial charge in [0.25, 0.3) is 5.69 Å². The molecule has 1 N–H and O–H groups in total. The number of rotatable bonds is 9. The molecule has 0 unspecified atom stereocenters. The number of ether oxygens (including phenoxy) is 1. The third-order valence-electron chi connectivity index (χ3n) is 7.09. The Bertz CT molecular complexity index is 1510. The Balaban J connectivity index is 1.53. The molecule has 38 heavy (non-hydrogen) atoms. The molecule has 0 saturated carbocycles. The summed E-state index contributed by atoms with van der Waals surface area (Å²) in [6.45, 7) is 4.37. The van der Waals surface area contributed by atoms with Crippen molar-refractivity contribution in [2.75, 3.05) is 51.6 Å². The van der Waals surface area contributed by atoms with Crippen molar-refractivity contribution in [3.05, 3.63) is 64.0 Å². The molecule has 1 aliphatic heterocycles. The van der Waals surface area contributed by atoms with E-state index in [1.165, 1.54) is 22.5 Å². The number of aromatic nitrogens is 3. The Morgan fingerprint density at radius 1 is 1.21 bits per heavy atom. The lowest BCUT2D eigenvalue weighted by molar-refractivity contribution is -0.384. The monoisotopic (exact) mass is 515 g/mol. The van der Waals surface area contributed by atoms with Crippen molar-refractivity contribution in [1.82, 2.24) is 19.4 Å². The van der Waals surface area contributed by atoms with E-state index in [0.717, 1.165) is 42.8 Å². The second-order valence-electron chi connectivity index (χ2n) is 10.0. The topological polar surface area (TPSA) is 102 Å². The highest BCUT2D eigenvalue weighted by atomic mass is 16.6. The van der Waals surface area contributed by atoms with Gasteiger partial charge < -0.3 is 24.4 Å². The molecule has 0 radical (unpaired) electrons. The Morgan fingerprint density at radius 3 is 2.76 bits per heavy atom. The first-order chi connectivity index (χ1) is 18.3. The molecule has 1 aliphatic rings. The van der Waals surface area contributed by atoms with E-state index in [0.29, 0.717) is 29.6 Å². The van der Waals surface area contributed by atoms with Crippen LogP contribution in [0.1, 0.15) is 17.5 Å². The van der Waals surface area contributed by atoms with Crippen LogP contribution in [0, 0.1) is 17.0 Å². The van der Waals surface area contributed by atoms with E-state index < -0.39 is 0 Å². The summed E-state index contributed by atoms with van der Waals surface area (Å²) in [5.41, 5.74) is 6.37. The van der Waals surface area contributed by atoms with Crippen molar-refractivity contribution < 1.29 is 9.66 Å². The van der Waals surface area contributed by atoms with Crippen LogP contribution in [0.5, 0.6) is 5.75 Å². The number of nitro groups is 1. The third kappa shape index (κ3) is 4.74. The van der Waals surface area contributed by atoms with Crippen molar-refractivity contribution in [2.24, 2.45) is 0 Å². The molecule has 4 aromatic rings. The number of likely N-dealkylation sites (N-methyl/N-ethyl adjacent to an activating group) is 2. The van der Waals surface area contributed by atoms with Gasteiger partial charge in [-0.05, 0) is 45.0 Å². The SMILES string of the molecule is COc1cc(N(C)CCN(C)C)c([N+](=O)[O-])cc1Nc1ncc(C)c(-c2cn3c4c(cccc24)CCC3)n1. The minimum atomic E-state index is -0.374. The lowest BCUT2D eigenvalue weighted by atomic mass is 10.0. The number of benzene rings is 2. The number of aryl methyl sites for hydroxylation is 3. The number of methoxy groups -OCH3 is 1. The van der Waals surface area contributed by atoms with Gasteiger partial charge in [0.05, 0.1) is 28.9 Å². The van der Waals surface area contributed by atoms with Gasteiger partial charge in [0.15, 0.2) is 0 Å². The molecular weight excluding hydrogens is 482 g/mol. The van der Waals surface area contributed by atoms with E-state index in [1.54, 1.807) is 19.4 Å². The van der Waals surface area contributed by atoms with Crippen LogP contribution in [0.3, 0.4) is 0 Å². The van der Waals surface area contributed by atoms with Crippen LogP contribution in [-0.4, -0.2) is 65.7 Å². The molecule has 10 heteroatoms. The van der Waals surface area contributed by atoms with Gasteiger partial charge in [-0.25, -0.2) is 9.97 Å². The van der Waals surface area contributed by atoms with Gasteiger partial charge in [-0.1, -0.05) is 18.2 Å². The smallest absolute Gasteiger partial charge is 0.294 e. The molecule has 0 bridgehead atoms. The molecule has 2 aromatic heterocycles. The van der Waals surface area contributed by atoms with Gasteiger partial charge in [-0.15, -0.1) is 0 Å². The second-order valence-corrected chi connectivity index (χ2v) is 10.0. The van der Waals surface area contributed by atoms with Gasteiger partial charge >= 0.3 is 0 Å². The van der Waals surface area contributed by atoms with Gasteiger partial charge in [-0.3, -0.25) is 10.1 Å². The summed E-state index contributed by atoms with van der Waals surface area (Å²) in [4.78, 5) is 24.9. The van der Waals surface area contributed by atoms with E-state index in [9.17, 15) is 10.1 Å². The molecule has 5 rings (SSSR count). The third-order valence-corrected chi connectivity index (χ3v) is 7.09. The van der Waals surface area contributed by atoms with Crippen LogP contribution in [0.2, 0.25) is 0 Å². The summed E-state index contributed by atoms with van der Waals surface area (Å²) in [7, 11) is 7.32. The van der Waals surface area contributed by atoms with Gasteiger partial charge in [0.2, 0.25) is 5.95 Å². The summed E-state index contributed by atoms with van der Waals surface area (Å²) in [6, 6.07) is 9.62. The highest BCUT2D eigenvalue weighted by Crippen LogP contribution is 2.40. The summed E-state index contributed by atoms with van der Waals surface area (Å²) in [5, 5.41) is 16.4. The zero-order chi connectivity index (χ0) is 27.0. The molecule has 198 valence electrons. The zero-order valence-electron chi connectivity index (χ0n) is 22.5. The highest BCUT2D eigenvalue weighted by molar-refractivity contribution is 5.98. The van der Waals surface area contributed by atoms with Crippen LogP contribution in [-0.2, 0) is 13.0 Å². The first kappa shape index (κ1) is 25.5. The number of nitro benzene ring substituents is 1. The fourth-order valence-electron chi connectivity index (χ4n) is 5.09. The standard InChI is InChI=1S/C28H33N7O3/c1-18-16-29-28(31-26(18)21-17-34-11-7-9-19-8-6-10-20(21)27(19)34)30-22-14-24(35(36)37)23(15-25(22)38-5)33(4)13-12-32(2)3/h6,8,10,14-17H,7,9,11-13H2,1-5H3,(H,29,30,31). The second kappa shape index (κ2) is 10.3. The van der Waals surface area contributed by atoms with E-state index in [2.05, 4.69) is 39.3 Å². The maximum Gasteiger partial charge on any atom is 0.294 e. The number of hydrogen-bond acceptors (Lipinski definition) is 8. The van der Waals surface area contributed by atoms with Gasteiger partial charge in [-0.2, -0.15) is 0 Å². The van der Waals surface area contributed by atoms with Crippen molar-refractivity contribution in [2.45, 2.75) is 26.3 Å². The molecular formula is C28H33N7O3. The van der Waals surface area contributed by atoms with E-state index >= 15 is 0 Å². The quantitative estimate of drug-likeness (QED) is 0.245. The molecule has 2 aromatic carbocycles.